The minimum atomic E-state index is 0.847. The molecule has 1 heterocycles. The Labute approximate surface area is 191 Å². The van der Waals surface area contributed by atoms with Crippen molar-refractivity contribution in [1.82, 2.24) is 4.98 Å². The summed E-state index contributed by atoms with van der Waals surface area (Å²) < 4.78 is 6.43. The molecule has 0 N–H and O–H groups in total. The average molecular weight is 470 g/mol. The van der Waals surface area contributed by atoms with Crippen molar-refractivity contribution in [1.29, 1.82) is 0 Å². The van der Waals surface area contributed by atoms with E-state index in [2.05, 4.69) is 121 Å². The van der Waals surface area contributed by atoms with E-state index in [1.54, 1.807) is 0 Å². The molecule has 0 atom stereocenters. The smallest absolute Gasteiger partial charge is 0.181 e. The number of rotatable bonds is 2. The second-order valence-electron chi connectivity index (χ2n) is 7.68. The van der Waals surface area contributed by atoms with Gasteiger partial charge in [0.2, 0.25) is 0 Å². The van der Waals surface area contributed by atoms with Crippen molar-refractivity contribution in [3.8, 4) is 22.3 Å². The summed E-state index contributed by atoms with van der Waals surface area (Å²) in [5.41, 5.74) is 10.6. The van der Waals surface area contributed by atoms with Gasteiger partial charge in [0.05, 0.1) is 0 Å². The second-order valence-corrected chi connectivity index (χ2v) is 8.59. The van der Waals surface area contributed by atoms with Gasteiger partial charge in [-0.3, -0.25) is 0 Å². The van der Waals surface area contributed by atoms with E-state index in [9.17, 15) is 0 Å². The van der Waals surface area contributed by atoms with E-state index in [0.29, 0.717) is 0 Å². The molecule has 0 amide bonds. The first kappa shape index (κ1) is 21.1. The molecular formula is C28H24BrNO. The van der Waals surface area contributed by atoms with Gasteiger partial charge in [-0.15, -0.1) is 0 Å². The number of benzene rings is 4. The second kappa shape index (κ2) is 9.32. The zero-order valence-electron chi connectivity index (χ0n) is 17.9. The van der Waals surface area contributed by atoms with Gasteiger partial charge in [0.25, 0.3) is 0 Å². The molecule has 1 aromatic heterocycles. The van der Waals surface area contributed by atoms with Crippen LogP contribution in [0.5, 0.6) is 0 Å². The van der Waals surface area contributed by atoms with Gasteiger partial charge in [0.1, 0.15) is 5.52 Å². The molecule has 0 aliphatic rings. The Morgan fingerprint density at radius 1 is 0.677 bits per heavy atom. The van der Waals surface area contributed by atoms with Crippen LogP contribution in [0.2, 0.25) is 0 Å². The van der Waals surface area contributed by atoms with Crippen molar-refractivity contribution in [3.63, 3.8) is 0 Å². The number of nitrogens with zero attached hydrogens (tertiary/aromatic N) is 1. The lowest BCUT2D eigenvalue weighted by Crippen LogP contribution is -1.86. The molecule has 0 radical (unpaired) electrons. The molecule has 0 fully saturated rings. The predicted octanol–water partition coefficient (Wildman–Crippen LogP) is 8.54. The summed E-state index contributed by atoms with van der Waals surface area (Å²) in [7, 11) is 0. The van der Waals surface area contributed by atoms with Gasteiger partial charge in [-0.05, 0) is 78.4 Å². The fourth-order valence-corrected chi connectivity index (χ4v) is 3.82. The minimum Gasteiger partial charge on any atom is -0.443 e. The molecule has 0 saturated heterocycles. The Balaban J connectivity index is 0.000000152. The molecular weight excluding hydrogens is 446 g/mol. The summed E-state index contributed by atoms with van der Waals surface area (Å²) in [5.74, 6) is 0. The largest absolute Gasteiger partial charge is 0.443 e. The molecule has 0 aliphatic heterocycles. The van der Waals surface area contributed by atoms with Gasteiger partial charge in [-0.1, -0.05) is 82.2 Å². The topological polar surface area (TPSA) is 26.0 Å². The average Bonchev–Trinajstić information content (AvgIpc) is 3.23. The zero-order chi connectivity index (χ0) is 21.8. The van der Waals surface area contributed by atoms with E-state index < -0.39 is 0 Å². The monoisotopic (exact) mass is 469 g/mol. The normalized spacial score (nSPS) is 10.6. The van der Waals surface area contributed by atoms with E-state index in [0.717, 1.165) is 15.6 Å². The molecule has 0 spiro atoms. The summed E-state index contributed by atoms with van der Waals surface area (Å²) in [5, 5.41) is 0. The molecule has 31 heavy (non-hydrogen) atoms. The van der Waals surface area contributed by atoms with Crippen molar-refractivity contribution in [2.75, 3.05) is 0 Å². The number of halogens is 1. The quantitative estimate of drug-likeness (QED) is 0.258. The van der Waals surface area contributed by atoms with Gasteiger partial charge < -0.3 is 4.42 Å². The van der Waals surface area contributed by atoms with Gasteiger partial charge in [0.15, 0.2) is 12.0 Å². The summed E-state index contributed by atoms with van der Waals surface area (Å²) in [6.07, 6.45) is 1.49. The number of aryl methyl sites for hydroxylation is 3. The third kappa shape index (κ3) is 4.95. The zero-order valence-corrected chi connectivity index (χ0v) is 19.5. The Hall–Kier alpha value is -3.17. The van der Waals surface area contributed by atoms with Crippen LogP contribution in [0.3, 0.4) is 0 Å². The summed E-state index contributed by atoms with van der Waals surface area (Å²) in [6, 6.07) is 29.5. The minimum absolute atomic E-state index is 0.847. The molecule has 3 heteroatoms. The molecule has 2 nitrogen and oxygen atoms in total. The van der Waals surface area contributed by atoms with Crippen LogP contribution in [0.4, 0.5) is 0 Å². The number of hydrogen-bond acceptors (Lipinski definition) is 2. The SMILES string of the molecule is Cc1ccc(-c2ccc(Br)cc2)cc1.Cc1ccccc1-c1cc2ncoc2cc1C. The van der Waals surface area contributed by atoms with Gasteiger partial charge in [-0.2, -0.15) is 0 Å². The van der Waals surface area contributed by atoms with Crippen molar-refractivity contribution in [3.05, 3.63) is 112 Å². The van der Waals surface area contributed by atoms with Gasteiger partial charge in [0, 0.05) is 4.47 Å². The maximum atomic E-state index is 5.31. The first-order valence-electron chi connectivity index (χ1n) is 10.2. The summed E-state index contributed by atoms with van der Waals surface area (Å²) in [6.45, 7) is 6.33. The molecule has 0 unspecified atom stereocenters. The molecule has 154 valence electrons. The Morgan fingerprint density at radius 2 is 1.32 bits per heavy atom. The molecule has 5 rings (SSSR count). The summed E-state index contributed by atoms with van der Waals surface area (Å²) >= 11 is 3.43. The molecule has 4 aromatic carbocycles. The number of fused-ring (bicyclic) bond motifs is 1. The standard InChI is InChI=1S/C15H13NO.C13H11Br/c1-10-5-3-4-6-12(10)13-8-14-15(7-11(13)2)17-9-16-14;1-10-2-4-11(5-3-10)12-6-8-13(14)9-7-12/h3-9H,1-2H3;2-9H,1H3. The number of hydrogen-bond donors (Lipinski definition) is 0. The van der Waals surface area contributed by atoms with Crippen LogP contribution in [0.25, 0.3) is 33.4 Å². The lowest BCUT2D eigenvalue weighted by Gasteiger charge is -2.08. The Morgan fingerprint density at radius 3 is 2.00 bits per heavy atom. The van der Waals surface area contributed by atoms with Crippen LogP contribution in [-0.2, 0) is 0 Å². The first-order valence-corrected chi connectivity index (χ1v) is 11.0. The van der Waals surface area contributed by atoms with Crippen molar-refractivity contribution in [2.24, 2.45) is 0 Å². The van der Waals surface area contributed by atoms with E-state index in [1.165, 1.54) is 45.3 Å². The van der Waals surface area contributed by atoms with Crippen molar-refractivity contribution < 1.29 is 4.42 Å². The van der Waals surface area contributed by atoms with Crippen LogP contribution < -0.4 is 0 Å². The highest BCUT2D eigenvalue weighted by Crippen LogP contribution is 2.30. The first-order chi connectivity index (χ1) is 15.0. The summed E-state index contributed by atoms with van der Waals surface area (Å²) in [4.78, 5) is 4.21. The van der Waals surface area contributed by atoms with Crippen LogP contribution in [0.15, 0.2) is 100 Å². The third-order valence-electron chi connectivity index (χ3n) is 5.34. The maximum Gasteiger partial charge on any atom is 0.181 e. The van der Waals surface area contributed by atoms with Crippen LogP contribution in [-0.4, -0.2) is 4.98 Å². The van der Waals surface area contributed by atoms with E-state index in [1.807, 2.05) is 6.07 Å². The Bertz CT molecular complexity index is 1260. The highest BCUT2D eigenvalue weighted by molar-refractivity contribution is 9.10. The number of aromatic nitrogens is 1. The molecule has 0 saturated carbocycles. The Kier molecular flexibility index (Phi) is 6.34. The fraction of sp³-hybridized carbons (Fsp3) is 0.107. The maximum absolute atomic E-state index is 5.31. The van der Waals surface area contributed by atoms with Crippen molar-refractivity contribution in [2.45, 2.75) is 20.8 Å². The molecule has 0 bridgehead atoms. The van der Waals surface area contributed by atoms with Crippen LogP contribution >= 0.6 is 15.9 Å². The van der Waals surface area contributed by atoms with Crippen molar-refractivity contribution >= 4 is 27.0 Å². The third-order valence-corrected chi connectivity index (χ3v) is 5.87. The van der Waals surface area contributed by atoms with Gasteiger partial charge in [-0.25, -0.2) is 4.98 Å². The van der Waals surface area contributed by atoms with E-state index >= 15 is 0 Å². The van der Waals surface area contributed by atoms with Crippen LogP contribution in [0.1, 0.15) is 16.7 Å². The molecule has 0 aliphatic carbocycles. The van der Waals surface area contributed by atoms with E-state index in [-0.39, 0.29) is 0 Å². The lowest BCUT2D eigenvalue weighted by molar-refractivity contribution is 0.602. The predicted molar refractivity (Wildman–Crippen MR) is 133 cm³/mol. The van der Waals surface area contributed by atoms with E-state index in [4.69, 9.17) is 4.42 Å². The lowest BCUT2D eigenvalue weighted by atomic mass is 9.96. The van der Waals surface area contributed by atoms with Crippen LogP contribution in [0, 0.1) is 20.8 Å². The highest BCUT2D eigenvalue weighted by atomic mass is 79.9. The molecule has 5 aromatic rings. The highest BCUT2D eigenvalue weighted by Gasteiger charge is 2.08. The number of oxazole rings is 1. The van der Waals surface area contributed by atoms with Gasteiger partial charge >= 0.3 is 0 Å². The fourth-order valence-electron chi connectivity index (χ4n) is 3.56.